The van der Waals surface area contributed by atoms with Crippen LogP contribution in [-0.4, -0.2) is 17.0 Å². The Morgan fingerprint density at radius 1 is 1.09 bits per heavy atom. The van der Waals surface area contributed by atoms with Crippen molar-refractivity contribution < 1.29 is 14.7 Å². The van der Waals surface area contributed by atoms with Crippen LogP contribution in [0.2, 0.25) is 0 Å². The SMILES string of the molecule is C[C@H](c1ccccc1)[C@H](CC(=O)O)C(=O)Nc1ccccc1I. The lowest BCUT2D eigenvalue weighted by Crippen LogP contribution is -2.29. The molecule has 2 aromatic rings. The van der Waals surface area contributed by atoms with E-state index in [1.54, 1.807) is 0 Å². The zero-order valence-electron chi connectivity index (χ0n) is 12.7. The first kappa shape index (κ1) is 17.5. The van der Waals surface area contributed by atoms with E-state index in [9.17, 15) is 9.59 Å². The zero-order chi connectivity index (χ0) is 16.8. The molecule has 0 aliphatic carbocycles. The maximum atomic E-state index is 12.6. The highest BCUT2D eigenvalue weighted by atomic mass is 127. The van der Waals surface area contributed by atoms with E-state index >= 15 is 0 Å². The molecular weight excluding hydrogens is 405 g/mol. The third-order valence-electron chi connectivity index (χ3n) is 3.79. The molecule has 4 nitrogen and oxygen atoms in total. The number of anilines is 1. The lowest BCUT2D eigenvalue weighted by atomic mass is 9.84. The Labute approximate surface area is 149 Å². The van der Waals surface area contributed by atoms with Crippen LogP contribution in [0.3, 0.4) is 0 Å². The van der Waals surface area contributed by atoms with Crippen LogP contribution < -0.4 is 5.32 Å². The van der Waals surface area contributed by atoms with Gasteiger partial charge in [-0.25, -0.2) is 0 Å². The Morgan fingerprint density at radius 2 is 1.70 bits per heavy atom. The number of amides is 1. The van der Waals surface area contributed by atoms with Crippen LogP contribution in [0.25, 0.3) is 0 Å². The summed E-state index contributed by atoms with van der Waals surface area (Å²) in [4.78, 5) is 23.8. The van der Waals surface area contributed by atoms with Gasteiger partial charge in [-0.05, 0) is 46.2 Å². The van der Waals surface area contributed by atoms with Gasteiger partial charge >= 0.3 is 5.97 Å². The molecule has 0 aromatic heterocycles. The molecule has 0 aliphatic heterocycles. The van der Waals surface area contributed by atoms with E-state index < -0.39 is 11.9 Å². The number of hydrogen-bond acceptors (Lipinski definition) is 2. The summed E-state index contributed by atoms with van der Waals surface area (Å²) in [6, 6.07) is 16.9. The quantitative estimate of drug-likeness (QED) is 0.687. The molecule has 2 rings (SSSR count). The Bertz CT molecular complexity index is 688. The van der Waals surface area contributed by atoms with Crippen molar-refractivity contribution in [1.29, 1.82) is 0 Å². The smallest absolute Gasteiger partial charge is 0.304 e. The Balaban J connectivity index is 2.22. The van der Waals surface area contributed by atoms with Crippen LogP contribution in [0.15, 0.2) is 54.6 Å². The van der Waals surface area contributed by atoms with Crippen molar-refractivity contribution in [3.05, 3.63) is 63.7 Å². The minimum atomic E-state index is -0.976. The summed E-state index contributed by atoms with van der Waals surface area (Å²) >= 11 is 2.14. The predicted octanol–water partition coefficient (Wildman–Crippen LogP) is 4.12. The molecule has 0 heterocycles. The molecule has 0 bridgehead atoms. The van der Waals surface area contributed by atoms with Crippen molar-refractivity contribution >= 4 is 40.2 Å². The van der Waals surface area contributed by atoms with Gasteiger partial charge in [0.25, 0.3) is 0 Å². The van der Waals surface area contributed by atoms with Gasteiger partial charge in [0.2, 0.25) is 5.91 Å². The summed E-state index contributed by atoms with van der Waals surface area (Å²) < 4.78 is 0.917. The number of para-hydroxylation sites is 1. The van der Waals surface area contributed by atoms with E-state index in [1.165, 1.54) is 0 Å². The van der Waals surface area contributed by atoms with E-state index in [1.807, 2.05) is 61.5 Å². The number of carbonyl (C=O) groups excluding carboxylic acids is 1. The van der Waals surface area contributed by atoms with E-state index in [0.29, 0.717) is 5.69 Å². The molecule has 0 unspecified atom stereocenters. The van der Waals surface area contributed by atoms with Crippen LogP contribution >= 0.6 is 22.6 Å². The average molecular weight is 423 g/mol. The second-order valence-corrected chi connectivity index (χ2v) is 6.54. The monoisotopic (exact) mass is 423 g/mol. The molecule has 1 amide bonds. The highest BCUT2D eigenvalue weighted by molar-refractivity contribution is 14.1. The molecule has 0 radical (unpaired) electrons. The normalized spacial score (nSPS) is 13.1. The molecule has 2 atom stereocenters. The van der Waals surface area contributed by atoms with E-state index in [-0.39, 0.29) is 18.2 Å². The lowest BCUT2D eigenvalue weighted by molar-refractivity contribution is -0.140. The Morgan fingerprint density at radius 3 is 2.30 bits per heavy atom. The number of carbonyl (C=O) groups is 2. The number of nitrogens with one attached hydrogen (secondary N) is 1. The molecule has 23 heavy (non-hydrogen) atoms. The molecule has 0 spiro atoms. The van der Waals surface area contributed by atoms with Crippen LogP contribution in [0.1, 0.15) is 24.8 Å². The summed E-state index contributed by atoms with van der Waals surface area (Å²) in [5.41, 5.74) is 1.66. The molecule has 2 N–H and O–H groups in total. The minimum Gasteiger partial charge on any atom is -0.481 e. The van der Waals surface area contributed by atoms with Gasteiger partial charge in [-0.15, -0.1) is 0 Å². The molecule has 2 aromatic carbocycles. The maximum Gasteiger partial charge on any atom is 0.304 e. The van der Waals surface area contributed by atoms with Gasteiger partial charge in [-0.2, -0.15) is 0 Å². The maximum absolute atomic E-state index is 12.6. The van der Waals surface area contributed by atoms with Crippen LogP contribution in [0.5, 0.6) is 0 Å². The molecular formula is C18H18INO3. The van der Waals surface area contributed by atoms with Crippen LogP contribution in [0.4, 0.5) is 5.69 Å². The molecule has 0 saturated carbocycles. The second kappa shape index (κ2) is 8.10. The number of rotatable bonds is 6. The number of carboxylic acids is 1. The van der Waals surface area contributed by atoms with E-state index in [4.69, 9.17) is 5.11 Å². The Hall–Kier alpha value is -1.89. The number of benzene rings is 2. The van der Waals surface area contributed by atoms with Gasteiger partial charge in [-0.1, -0.05) is 49.4 Å². The second-order valence-electron chi connectivity index (χ2n) is 5.37. The fraction of sp³-hybridized carbons (Fsp3) is 0.222. The minimum absolute atomic E-state index is 0.186. The van der Waals surface area contributed by atoms with Crippen molar-refractivity contribution in [3.63, 3.8) is 0 Å². The van der Waals surface area contributed by atoms with Crippen LogP contribution in [0, 0.1) is 9.49 Å². The standard InChI is InChI=1S/C18H18INO3/c1-12(13-7-3-2-4-8-13)14(11-17(21)22)18(23)20-16-10-6-5-9-15(16)19/h2-10,12,14H,11H2,1H3,(H,20,23)(H,21,22)/t12-,14+/m1/s1. The number of aliphatic carboxylic acids is 1. The van der Waals surface area contributed by atoms with Gasteiger partial charge in [-0.3, -0.25) is 9.59 Å². The number of carboxylic acid groups (broad SMARTS) is 1. The topological polar surface area (TPSA) is 66.4 Å². The summed E-state index contributed by atoms with van der Waals surface area (Å²) in [6.07, 6.45) is -0.203. The van der Waals surface area contributed by atoms with E-state index in [0.717, 1.165) is 9.13 Å². The summed E-state index contributed by atoms with van der Waals surface area (Å²) in [5.74, 6) is -2.07. The summed E-state index contributed by atoms with van der Waals surface area (Å²) in [5, 5.41) is 12.0. The first-order chi connectivity index (χ1) is 11.0. The number of halogens is 1. The highest BCUT2D eigenvalue weighted by Gasteiger charge is 2.29. The third kappa shape index (κ3) is 4.79. The van der Waals surface area contributed by atoms with Gasteiger partial charge in [0.05, 0.1) is 18.0 Å². The average Bonchev–Trinajstić information content (AvgIpc) is 2.54. The first-order valence-electron chi connectivity index (χ1n) is 7.31. The summed E-state index contributed by atoms with van der Waals surface area (Å²) in [7, 11) is 0. The largest absolute Gasteiger partial charge is 0.481 e. The van der Waals surface area contributed by atoms with Crippen molar-refractivity contribution in [2.75, 3.05) is 5.32 Å². The molecule has 0 aliphatic rings. The molecule has 0 saturated heterocycles. The third-order valence-corrected chi connectivity index (χ3v) is 4.73. The van der Waals surface area contributed by atoms with Crippen LogP contribution in [-0.2, 0) is 9.59 Å². The first-order valence-corrected chi connectivity index (χ1v) is 8.39. The van der Waals surface area contributed by atoms with Gasteiger partial charge in [0, 0.05) is 3.57 Å². The predicted molar refractivity (Wildman–Crippen MR) is 98.4 cm³/mol. The van der Waals surface area contributed by atoms with Crippen molar-refractivity contribution in [3.8, 4) is 0 Å². The number of hydrogen-bond donors (Lipinski definition) is 2. The van der Waals surface area contributed by atoms with E-state index in [2.05, 4.69) is 27.9 Å². The fourth-order valence-electron chi connectivity index (χ4n) is 2.46. The zero-order valence-corrected chi connectivity index (χ0v) is 14.9. The fourth-order valence-corrected chi connectivity index (χ4v) is 2.98. The van der Waals surface area contributed by atoms with Gasteiger partial charge < -0.3 is 10.4 Å². The molecule has 5 heteroatoms. The lowest BCUT2D eigenvalue weighted by Gasteiger charge is -2.22. The van der Waals surface area contributed by atoms with Crippen molar-refractivity contribution in [1.82, 2.24) is 0 Å². The van der Waals surface area contributed by atoms with Gasteiger partial charge in [0.15, 0.2) is 0 Å². The molecule has 0 fully saturated rings. The Kier molecular flexibility index (Phi) is 6.15. The van der Waals surface area contributed by atoms with Crippen molar-refractivity contribution in [2.24, 2.45) is 5.92 Å². The summed E-state index contributed by atoms with van der Waals surface area (Å²) in [6.45, 7) is 1.89. The van der Waals surface area contributed by atoms with Gasteiger partial charge in [0.1, 0.15) is 0 Å². The van der Waals surface area contributed by atoms with Crippen molar-refractivity contribution in [2.45, 2.75) is 19.3 Å². The molecule has 120 valence electrons. The highest BCUT2D eigenvalue weighted by Crippen LogP contribution is 2.29.